The second kappa shape index (κ2) is 6.06. The van der Waals surface area contributed by atoms with Gasteiger partial charge in [0.2, 0.25) is 0 Å². The zero-order valence-corrected chi connectivity index (χ0v) is 12.6. The Labute approximate surface area is 126 Å². The second-order valence-electron chi connectivity index (χ2n) is 6.28. The molecule has 1 heterocycles. The molecule has 1 aromatic carbocycles. The number of benzene rings is 1. The minimum atomic E-state index is -0.214. The Morgan fingerprint density at radius 1 is 1.29 bits per heavy atom. The molecule has 1 amide bonds. The van der Waals surface area contributed by atoms with Crippen molar-refractivity contribution in [3.8, 4) is 0 Å². The van der Waals surface area contributed by atoms with Crippen LogP contribution in [0.4, 0.5) is 5.69 Å². The number of rotatable bonds is 4. The van der Waals surface area contributed by atoms with E-state index in [1.54, 1.807) is 0 Å². The van der Waals surface area contributed by atoms with Crippen LogP contribution in [-0.2, 0) is 0 Å². The zero-order chi connectivity index (χ0) is 14.8. The molecular formula is C17H24N2O2. The molecule has 0 aromatic heterocycles. The summed E-state index contributed by atoms with van der Waals surface area (Å²) in [7, 11) is 0. The van der Waals surface area contributed by atoms with Crippen molar-refractivity contribution in [3.05, 3.63) is 29.8 Å². The first kappa shape index (κ1) is 14.4. The van der Waals surface area contributed by atoms with Crippen molar-refractivity contribution >= 4 is 11.6 Å². The van der Waals surface area contributed by atoms with Crippen molar-refractivity contribution in [2.75, 3.05) is 25.0 Å². The van der Waals surface area contributed by atoms with Gasteiger partial charge in [-0.3, -0.25) is 4.79 Å². The summed E-state index contributed by atoms with van der Waals surface area (Å²) in [5, 5.41) is 13.3. The average Bonchev–Trinajstić information content (AvgIpc) is 3.07. The molecular weight excluding hydrogens is 264 g/mol. The summed E-state index contributed by atoms with van der Waals surface area (Å²) in [4.78, 5) is 14.4. The van der Waals surface area contributed by atoms with E-state index in [0.717, 1.165) is 43.6 Å². The van der Waals surface area contributed by atoms with Gasteiger partial charge in [0.1, 0.15) is 0 Å². The summed E-state index contributed by atoms with van der Waals surface area (Å²) in [6.45, 7) is 4.58. The lowest BCUT2D eigenvalue weighted by Crippen LogP contribution is -2.31. The van der Waals surface area contributed by atoms with Crippen LogP contribution in [0.5, 0.6) is 0 Å². The number of nitrogens with zero attached hydrogens (tertiary/aromatic N) is 1. The first-order valence-electron chi connectivity index (χ1n) is 8.00. The number of aliphatic hydroxyl groups is 1. The van der Waals surface area contributed by atoms with Crippen molar-refractivity contribution in [2.45, 2.75) is 32.3 Å². The highest BCUT2D eigenvalue weighted by molar-refractivity contribution is 5.94. The Morgan fingerprint density at radius 3 is 2.71 bits per heavy atom. The topological polar surface area (TPSA) is 52.6 Å². The smallest absolute Gasteiger partial charge is 0.253 e. The zero-order valence-electron chi connectivity index (χ0n) is 12.6. The van der Waals surface area contributed by atoms with Gasteiger partial charge >= 0.3 is 0 Å². The number of hydrogen-bond donors (Lipinski definition) is 2. The van der Waals surface area contributed by atoms with Gasteiger partial charge in [0.15, 0.2) is 0 Å². The first-order valence-corrected chi connectivity index (χ1v) is 8.00. The summed E-state index contributed by atoms with van der Waals surface area (Å²) >= 11 is 0. The number of amides is 1. The Morgan fingerprint density at radius 2 is 2.05 bits per heavy atom. The minimum absolute atomic E-state index is 0.0960. The highest BCUT2D eigenvalue weighted by atomic mass is 16.3. The predicted molar refractivity (Wildman–Crippen MR) is 83.3 cm³/mol. The molecule has 3 atom stereocenters. The van der Waals surface area contributed by atoms with Gasteiger partial charge in [-0.15, -0.1) is 0 Å². The van der Waals surface area contributed by atoms with Gasteiger partial charge in [0.05, 0.1) is 6.10 Å². The van der Waals surface area contributed by atoms with E-state index in [0.29, 0.717) is 18.4 Å². The summed E-state index contributed by atoms with van der Waals surface area (Å²) in [6, 6.07) is 7.72. The van der Waals surface area contributed by atoms with E-state index < -0.39 is 0 Å². The number of aliphatic hydroxyl groups excluding tert-OH is 1. The van der Waals surface area contributed by atoms with E-state index in [1.165, 1.54) is 0 Å². The van der Waals surface area contributed by atoms with Crippen LogP contribution < -0.4 is 5.32 Å². The Kier molecular flexibility index (Phi) is 4.15. The van der Waals surface area contributed by atoms with E-state index in [1.807, 2.05) is 29.2 Å². The minimum Gasteiger partial charge on any atom is -0.393 e. The van der Waals surface area contributed by atoms with Gasteiger partial charge in [-0.2, -0.15) is 0 Å². The normalized spacial score (nSPS) is 27.7. The summed E-state index contributed by atoms with van der Waals surface area (Å²) in [6.07, 6.45) is 2.82. The lowest BCUT2D eigenvalue weighted by atomic mass is 10.00. The maximum absolute atomic E-state index is 12.5. The van der Waals surface area contributed by atoms with Gasteiger partial charge in [0.25, 0.3) is 5.91 Å². The Balaban J connectivity index is 1.63. The van der Waals surface area contributed by atoms with Crippen molar-refractivity contribution < 1.29 is 9.90 Å². The molecule has 114 valence electrons. The lowest BCUT2D eigenvalue weighted by Gasteiger charge is -2.18. The van der Waals surface area contributed by atoms with Gasteiger partial charge in [-0.25, -0.2) is 0 Å². The monoisotopic (exact) mass is 288 g/mol. The van der Waals surface area contributed by atoms with Crippen molar-refractivity contribution in [3.63, 3.8) is 0 Å². The molecule has 0 bridgehead atoms. The van der Waals surface area contributed by atoms with E-state index in [2.05, 4.69) is 12.2 Å². The van der Waals surface area contributed by atoms with Crippen LogP contribution in [0.3, 0.4) is 0 Å². The molecule has 21 heavy (non-hydrogen) atoms. The quantitative estimate of drug-likeness (QED) is 0.894. The molecule has 0 radical (unpaired) electrons. The average molecular weight is 288 g/mol. The molecule has 1 saturated carbocycles. The van der Waals surface area contributed by atoms with Gasteiger partial charge < -0.3 is 15.3 Å². The third-order valence-corrected chi connectivity index (χ3v) is 4.82. The largest absolute Gasteiger partial charge is 0.393 e. The van der Waals surface area contributed by atoms with Crippen LogP contribution in [0, 0.1) is 11.8 Å². The molecule has 4 heteroatoms. The van der Waals surface area contributed by atoms with E-state index in [-0.39, 0.29) is 12.0 Å². The molecule has 4 nitrogen and oxygen atoms in total. The highest BCUT2D eigenvalue weighted by Crippen LogP contribution is 2.38. The lowest BCUT2D eigenvalue weighted by molar-refractivity contribution is 0.0752. The fourth-order valence-corrected chi connectivity index (χ4v) is 3.59. The molecule has 2 aliphatic rings. The maximum atomic E-state index is 12.5. The fraction of sp³-hybridized carbons (Fsp3) is 0.588. The van der Waals surface area contributed by atoms with Gasteiger partial charge in [-0.1, -0.05) is 6.92 Å². The molecule has 1 aliphatic carbocycles. The van der Waals surface area contributed by atoms with Crippen LogP contribution in [0.25, 0.3) is 0 Å². The van der Waals surface area contributed by atoms with Crippen LogP contribution in [0.15, 0.2) is 24.3 Å². The molecule has 1 saturated heterocycles. The molecule has 3 unspecified atom stereocenters. The fourth-order valence-electron chi connectivity index (χ4n) is 3.59. The first-order chi connectivity index (χ1) is 10.2. The van der Waals surface area contributed by atoms with Crippen LogP contribution in [0.1, 0.15) is 36.5 Å². The number of anilines is 1. The van der Waals surface area contributed by atoms with Crippen molar-refractivity contribution in [2.24, 2.45) is 11.8 Å². The molecule has 2 fully saturated rings. The molecule has 0 spiro atoms. The molecule has 2 N–H and O–H groups in total. The van der Waals surface area contributed by atoms with Gasteiger partial charge in [-0.05, 0) is 49.4 Å². The summed E-state index contributed by atoms with van der Waals surface area (Å²) in [5.74, 6) is 0.882. The maximum Gasteiger partial charge on any atom is 0.253 e. The van der Waals surface area contributed by atoms with Crippen molar-refractivity contribution in [1.29, 1.82) is 0 Å². The van der Waals surface area contributed by atoms with E-state index >= 15 is 0 Å². The SMILES string of the molecule is CCCNc1ccc(C(=O)N2CC3CCC(O)C3C2)cc1. The van der Waals surface area contributed by atoms with Crippen LogP contribution >= 0.6 is 0 Å². The number of carbonyl (C=O) groups is 1. The van der Waals surface area contributed by atoms with E-state index in [9.17, 15) is 9.90 Å². The molecule has 3 rings (SSSR count). The third-order valence-electron chi connectivity index (χ3n) is 4.82. The number of nitrogens with one attached hydrogen (secondary N) is 1. The summed E-state index contributed by atoms with van der Waals surface area (Å²) in [5.41, 5.74) is 1.80. The third kappa shape index (κ3) is 2.91. The van der Waals surface area contributed by atoms with Gasteiger partial charge in [0, 0.05) is 36.8 Å². The number of fused-ring (bicyclic) bond motifs is 1. The number of carbonyl (C=O) groups excluding carboxylic acids is 1. The Hall–Kier alpha value is -1.55. The molecule has 1 aromatic rings. The highest BCUT2D eigenvalue weighted by Gasteiger charge is 2.43. The molecule has 1 aliphatic heterocycles. The standard InChI is InChI=1S/C17H24N2O2/c1-2-9-18-14-6-3-12(4-7-14)17(21)19-10-13-5-8-16(20)15(13)11-19/h3-4,6-7,13,15-16,18,20H,2,5,8-11H2,1H3. The summed E-state index contributed by atoms with van der Waals surface area (Å²) < 4.78 is 0. The Bertz CT molecular complexity index is 500. The predicted octanol–water partition coefficient (Wildman–Crippen LogP) is 2.35. The number of hydrogen-bond acceptors (Lipinski definition) is 3. The van der Waals surface area contributed by atoms with E-state index in [4.69, 9.17) is 0 Å². The van der Waals surface area contributed by atoms with Crippen LogP contribution in [-0.4, -0.2) is 41.7 Å². The van der Waals surface area contributed by atoms with Crippen molar-refractivity contribution in [1.82, 2.24) is 4.90 Å². The van der Waals surface area contributed by atoms with Crippen LogP contribution in [0.2, 0.25) is 0 Å². The number of likely N-dealkylation sites (tertiary alicyclic amines) is 1. The second-order valence-corrected chi connectivity index (χ2v) is 6.28.